The number of hydrogen-bond acceptors (Lipinski definition) is 3. The smallest absolute Gasteiger partial charge is 0.0587 e. The van der Waals surface area contributed by atoms with Gasteiger partial charge in [-0.1, -0.05) is 20.3 Å². The van der Waals surface area contributed by atoms with Crippen LogP contribution in [0.3, 0.4) is 0 Å². The molecule has 4 heteroatoms. The fraction of sp³-hybridized carbons (Fsp3) is 0.750. The van der Waals surface area contributed by atoms with E-state index in [0.717, 1.165) is 19.5 Å². The van der Waals surface area contributed by atoms with Crippen LogP contribution in [0.25, 0.3) is 0 Å². The highest BCUT2D eigenvalue weighted by Crippen LogP contribution is 2.08. The highest BCUT2D eigenvalue weighted by molar-refractivity contribution is 5.00. The van der Waals surface area contributed by atoms with E-state index in [1.54, 1.807) is 0 Å². The fourth-order valence-electron chi connectivity index (χ4n) is 1.76. The summed E-state index contributed by atoms with van der Waals surface area (Å²) < 4.78 is 1.97. The largest absolute Gasteiger partial charge is 0.395 e. The number of nitrogens with one attached hydrogen (secondary N) is 1. The second-order valence-corrected chi connectivity index (χ2v) is 4.19. The van der Waals surface area contributed by atoms with Crippen LogP contribution in [0.2, 0.25) is 0 Å². The van der Waals surface area contributed by atoms with E-state index in [-0.39, 0.29) is 12.6 Å². The van der Waals surface area contributed by atoms with E-state index in [4.69, 9.17) is 0 Å². The van der Waals surface area contributed by atoms with Crippen molar-refractivity contribution >= 4 is 0 Å². The van der Waals surface area contributed by atoms with Crippen molar-refractivity contribution in [3.05, 3.63) is 18.0 Å². The lowest BCUT2D eigenvalue weighted by Gasteiger charge is -2.22. The average molecular weight is 225 g/mol. The molecule has 1 heterocycles. The predicted molar refractivity (Wildman–Crippen MR) is 65.1 cm³/mol. The zero-order valence-electron chi connectivity index (χ0n) is 10.5. The van der Waals surface area contributed by atoms with E-state index < -0.39 is 0 Å². The molecule has 16 heavy (non-hydrogen) atoms. The SMILES string of the molecule is CCC(C)C(CO)NCc1ccnn1CC. The normalized spacial score (nSPS) is 15.0. The van der Waals surface area contributed by atoms with Crippen LogP contribution in [-0.4, -0.2) is 27.5 Å². The molecule has 0 aromatic carbocycles. The van der Waals surface area contributed by atoms with Crippen molar-refractivity contribution in [3.8, 4) is 0 Å². The maximum atomic E-state index is 9.30. The molecule has 0 aliphatic heterocycles. The van der Waals surface area contributed by atoms with Gasteiger partial charge in [0.15, 0.2) is 0 Å². The summed E-state index contributed by atoms with van der Waals surface area (Å²) in [4.78, 5) is 0. The summed E-state index contributed by atoms with van der Waals surface area (Å²) in [7, 11) is 0. The van der Waals surface area contributed by atoms with Gasteiger partial charge in [0.05, 0.1) is 12.3 Å². The first-order valence-electron chi connectivity index (χ1n) is 6.07. The van der Waals surface area contributed by atoms with Gasteiger partial charge in [0, 0.05) is 25.3 Å². The lowest BCUT2D eigenvalue weighted by molar-refractivity contribution is 0.200. The van der Waals surface area contributed by atoms with Gasteiger partial charge in [-0.2, -0.15) is 5.10 Å². The lowest BCUT2D eigenvalue weighted by atomic mass is 10.00. The molecule has 4 nitrogen and oxygen atoms in total. The zero-order chi connectivity index (χ0) is 12.0. The molecule has 0 fully saturated rings. The third kappa shape index (κ3) is 3.32. The second kappa shape index (κ2) is 6.66. The van der Waals surface area contributed by atoms with Crippen molar-refractivity contribution in [2.45, 2.75) is 46.3 Å². The summed E-state index contributed by atoms with van der Waals surface area (Å²) in [6, 6.07) is 2.19. The summed E-state index contributed by atoms with van der Waals surface area (Å²) in [5.41, 5.74) is 1.17. The van der Waals surface area contributed by atoms with Crippen LogP contribution < -0.4 is 5.32 Å². The molecular formula is C12H23N3O. The third-order valence-corrected chi connectivity index (χ3v) is 3.18. The molecule has 1 rings (SSSR count). The standard InChI is InChI=1S/C12H23N3O/c1-4-10(3)12(9-16)13-8-11-6-7-14-15(11)5-2/h6-7,10,12-13,16H,4-5,8-9H2,1-3H3. The van der Waals surface area contributed by atoms with Crippen LogP contribution in [0, 0.1) is 5.92 Å². The van der Waals surface area contributed by atoms with Crippen LogP contribution in [0.4, 0.5) is 0 Å². The first-order chi connectivity index (χ1) is 7.72. The topological polar surface area (TPSA) is 50.1 Å². The minimum absolute atomic E-state index is 0.171. The summed E-state index contributed by atoms with van der Waals surface area (Å²) in [6.45, 7) is 8.22. The van der Waals surface area contributed by atoms with E-state index >= 15 is 0 Å². The third-order valence-electron chi connectivity index (χ3n) is 3.18. The van der Waals surface area contributed by atoms with Gasteiger partial charge < -0.3 is 10.4 Å². The molecule has 0 saturated heterocycles. The number of aliphatic hydroxyl groups excluding tert-OH is 1. The summed E-state index contributed by atoms with van der Waals surface area (Å²) in [5.74, 6) is 0.489. The van der Waals surface area contributed by atoms with Crippen LogP contribution in [-0.2, 0) is 13.1 Å². The van der Waals surface area contributed by atoms with Crippen LogP contribution in [0.1, 0.15) is 32.9 Å². The molecule has 0 amide bonds. The van der Waals surface area contributed by atoms with Gasteiger partial charge in [-0.25, -0.2) is 0 Å². The highest BCUT2D eigenvalue weighted by Gasteiger charge is 2.14. The van der Waals surface area contributed by atoms with Gasteiger partial charge in [0.1, 0.15) is 0 Å². The average Bonchev–Trinajstić information content (AvgIpc) is 2.76. The van der Waals surface area contributed by atoms with Crippen molar-refractivity contribution < 1.29 is 5.11 Å². The van der Waals surface area contributed by atoms with E-state index in [1.807, 2.05) is 16.9 Å². The summed E-state index contributed by atoms with van der Waals surface area (Å²) in [6.07, 6.45) is 2.89. The maximum Gasteiger partial charge on any atom is 0.0587 e. The molecule has 1 aromatic rings. The number of aryl methyl sites for hydroxylation is 1. The molecule has 0 radical (unpaired) electrons. The van der Waals surface area contributed by atoms with Crippen molar-refractivity contribution in [1.82, 2.24) is 15.1 Å². The lowest BCUT2D eigenvalue weighted by Crippen LogP contribution is -2.37. The second-order valence-electron chi connectivity index (χ2n) is 4.19. The van der Waals surface area contributed by atoms with Gasteiger partial charge >= 0.3 is 0 Å². The number of aliphatic hydroxyl groups is 1. The first-order valence-corrected chi connectivity index (χ1v) is 6.07. The molecule has 2 unspecified atom stereocenters. The minimum atomic E-state index is 0.171. The van der Waals surface area contributed by atoms with Crippen LogP contribution in [0.5, 0.6) is 0 Å². The summed E-state index contributed by atoms with van der Waals surface area (Å²) in [5, 5.41) is 16.9. The Morgan fingerprint density at radius 3 is 2.81 bits per heavy atom. The predicted octanol–water partition coefficient (Wildman–Crippen LogP) is 1.40. The molecule has 0 bridgehead atoms. The number of nitrogens with zero attached hydrogens (tertiary/aromatic N) is 2. The monoisotopic (exact) mass is 225 g/mol. The van der Waals surface area contributed by atoms with Crippen molar-refractivity contribution in [1.29, 1.82) is 0 Å². The van der Waals surface area contributed by atoms with Gasteiger partial charge in [0.2, 0.25) is 0 Å². The Labute approximate surface area is 97.7 Å². The Morgan fingerprint density at radius 1 is 1.50 bits per heavy atom. The molecule has 92 valence electrons. The molecule has 0 saturated carbocycles. The van der Waals surface area contributed by atoms with Crippen LogP contribution in [0.15, 0.2) is 12.3 Å². The van der Waals surface area contributed by atoms with Crippen molar-refractivity contribution in [3.63, 3.8) is 0 Å². The first kappa shape index (κ1) is 13.2. The van der Waals surface area contributed by atoms with Crippen molar-refractivity contribution in [2.24, 2.45) is 5.92 Å². The molecule has 1 aromatic heterocycles. The Hall–Kier alpha value is -0.870. The summed E-state index contributed by atoms with van der Waals surface area (Å²) >= 11 is 0. The van der Waals surface area contributed by atoms with E-state index in [0.29, 0.717) is 5.92 Å². The Kier molecular flexibility index (Phi) is 5.49. The van der Waals surface area contributed by atoms with Gasteiger partial charge in [-0.05, 0) is 18.9 Å². The van der Waals surface area contributed by atoms with Gasteiger partial charge in [-0.15, -0.1) is 0 Å². The zero-order valence-corrected chi connectivity index (χ0v) is 10.5. The van der Waals surface area contributed by atoms with E-state index in [2.05, 4.69) is 31.2 Å². The molecule has 0 spiro atoms. The van der Waals surface area contributed by atoms with Gasteiger partial charge in [-0.3, -0.25) is 4.68 Å². The minimum Gasteiger partial charge on any atom is -0.395 e. The molecule has 0 aliphatic carbocycles. The van der Waals surface area contributed by atoms with E-state index in [1.165, 1.54) is 5.69 Å². The maximum absolute atomic E-state index is 9.30. The quantitative estimate of drug-likeness (QED) is 0.737. The Balaban J connectivity index is 2.49. The molecular weight excluding hydrogens is 202 g/mol. The number of rotatable bonds is 7. The fourth-order valence-corrected chi connectivity index (χ4v) is 1.76. The molecule has 0 aliphatic rings. The Bertz CT molecular complexity index is 298. The number of hydrogen-bond donors (Lipinski definition) is 2. The van der Waals surface area contributed by atoms with Crippen LogP contribution >= 0.6 is 0 Å². The molecule has 2 N–H and O–H groups in total. The molecule has 2 atom stereocenters. The Morgan fingerprint density at radius 2 is 2.25 bits per heavy atom. The van der Waals surface area contributed by atoms with E-state index in [9.17, 15) is 5.11 Å². The van der Waals surface area contributed by atoms with Crippen molar-refractivity contribution in [2.75, 3.05) is 6.61 Å². The highest BCUT2D eigenvalue weighted by atomic mass is 16.3. The van der Waals surface area contributed by atoms with Gasteiger partial charge in [0.25, 0.3) is 0 Å². The number of aromatic nitrogens is 2.